The first-order valence-corrected chi connectivity index (χ1v) is 5.45. The van der Waals surface area contributed by atoms with E-state index < -0.39 is 0 Å². The molecule has 3 heteroatoms. The fourth-order valence-corrected chi connectivity index (χ4v) is 2.04. The summed E-state index contributed by atoms with van der Waals surface area (Å²) in [6.45, 7) is 0.713. The van der Waals surface area contributed by atoms with Gasteiger partial charge in [0.25, 0.3) is 0 Å². The van der Waals surface area contributed by atoms with Crippen LogP contribution in [-0.2, 0) is 0 Å². The van der Waals surface area contributed by atoms with Crippen LogP contribution in [0.3, 0.4) is 0 Å². The molecule has 2 nitrogen and oxygen atoms in total. The summed E-state index contributed by atoms with van der Waals surface area (Å²) in [6, 6.07) is 5.93. The molecule has 0 amide bonds. The lowest BCUT2D eigenvalue weighted by Crippen LogP contribution is -1.96. The number of ether oxygens (including phenoxy) is 1. The van der Waals surface area contributed by atoms with E-state index in [4.69, 9.17) is 4.74 Å². The third kappa shape index (κ3) is 1.96. The van der Waals surface area contributed by atoms with Crippen LogP contribution in [0.2, 0.25) is 0 Å². The Morgan fingerprint density at radius 3 is 3.15 bits per heavy atom. The van der Waals surface area contributed by atoms with Crippen molar-refractivity contribution in [2.24, 2.45) is 0 Å². The molecule has 0 aromatic heterocycles. The topological polar surface area (TPSA) is 29.5 Å². The molecule has 1 N–H and O–H groups in total. The maximum Gasteiger partial charge on any atom is 0.125 e. The number of aliphatic hydroxyl groups excluding tert-OH is 1. The van der Waals surface area contributed by atoms with Crippen LogP contribution in [0.25, 0.3) is 0 Å². The Kier molecular flexibility index (Phi) is 2.74. The zero-order valence-electron chi connectivity index (χ0n) is 7.16. The van der Waals surface area contributed by atoms with Crippen LogP contribution in [0.15, 0.2) is 18.2 Å². The SMILES string of the molecule is OC1CCCOc2ccc(I)cc21. The standard InChI is InChI=1S/C10H11IO2/c11-7-3-4-10-8(6-7)9(12)2-1-5-13-10/h3-4,6,9,12H,1-2,5H2. The van der Waals surface area contributed by atoms with Crippen molar-refractivity contribution in [3.63, 3.8) is 0 Å². The highest BCUT2D eigenvalue weighted by Gasteiger charge is 2.17. The minimum atomic E-state index is -0.354. The van der Waals surface area contributed by atoms with E-state index in [0.717, 1.165) is 27.7 Å². The Labute approximate surface area is 91.1 Å². The number of hydrogen-bond donors (Lipinski definition) is 1. The van der Waals surface area contributed by atoms with E-state index in [9.17, 15) is 5.11 Å². The Hall–Kier alpha value is -0.290. The Balaban J connectivity index is 2.43. The van der Waals surface area contributed by atoms with Crippen molar-refractivity contribution in [3.8, 4) is 5.75 Å². The molecule has 13 heavy (non-hydrogen) atoms. The van der Waals surface area contributed by atoms with E-state index in [2.05, 4.69) is 22.6 Å². The molecule has 0 fully saturated rings. The Morgan fingerprint density at radius 1 is 1.46 bits per heavy atom. The molecule has 1 unspecified atom stereocenters. The smallest absolute Gasteiger partial charge is 0.125 e. The predicted molar refractivity (Wildman–Crippen MR) is 58.8 cm³/mol. The van der Waals surface area contributed by atoms with Gasteiger partial charge in [0, 0.05) is 9.13 Å². The summed E-state index contributed by atoms with van der Waals surface area (Å²) in [4.78, 5) is 0. The fraction of sp³-hybridized carbons (Fsp3) is 0.400. The summed E-state index contributed by atoms with van der Waals surface area (Å²) in [5.41, 5.74) is 0.935. The second-order valence-corrected chi connectivity index (χ2v) is 4.43. The number of aliphatic hydroxyl groups is 1. The van der Waals surface area contributed by atoms with Crippen LogP contribution in [0.4, 0.5) is 0 Å². The zero-order valence-corrected chi connectivity index (χ0v) is 9.32. The molecule has 1 atom stereocenters. The average molecular weight is 290 g/mol. The molecular weight excluding hydrogens is 279 g/mol. The zero-order chi connectivity index (χ0) is 9.26. The maximum absolute atomic E-state index is 9.78. The number of hydrogen-bond acceptors (Lipinski definition) is 2. The molecule has 1 heterocycles. The molecule has 0 bridgehead atoms. The van der Waals surface area contributed by atoms with Crippen molar-refractivity contribution in [3.05, 3.63) is 27.3 Å². The number of halogens is 1. The number of rotatable bonds is 0. The first-order valence-electron chi connectivity index (χ1n) is 4.37. The van der Waals surface area contributed by atoms with Gasteiger partial charge < -0.3 is 9.84 Å². The van der Waals surface area contributed by atoms with Gasteiger partial charge in [0.2, 0.25) is 0 Å². The molecule has 0 aliphatic carbocycles. The molecule has 1 aliphatic heterocycles. The van der Waals surface area contributed by atoms with Gasteiger partial charge in [0.1, 0.15) is 5.75 Å². The minimum Gasteiger partial charge on any atom is -0.493 e. The van der Waals surface area contributed by atoms with E-state index in [1.54, 1.807) is 0 Å². The number of fused-ring (bicyclic) bond motifs is 1. The van der Waals surface area contributed by atoms with Crippen LogP contribution in [0.5, 0.6) is 5.75 Å². The summed E-state index contributed by atoms with van der Waals surface area (Å²) in [5.74, 6) is 0.838. The first kappa shape index (κ1) is 9.27. The lowest BCUT2D eigenvalue weighted by Gasteiger charge is -2.10. The normalized spacial score (nSPS) is 21.5. The summed E-state index contributed by atoms with van der Waals surface area (Å²) >= 11 is 2.24. The van der Waals surface area contributed by atoms with Crippen LogP contribution in [-0.4, -0.2) is 11.7 Å². The molecular formula is C10H11IO2. The third-order valence-corrected chi connectivity index (χ3v) is 2.88. The van der Waals surface area contributed by atoms with Gasteiger partial charge in [-0.25, -0.2) is 0 Å². The van der Waals surface area contributed by atoms with Crippen molar-refractivity contribution in [2.45, 2.75) is 18.9 Å². The quantitative estimate of drug-likeness (QED) is 0.744. The maximum atomic E-state index is 9.78. The van der Waals surface area contributed by atoms with Crippen molar-refractivity contribution in [2.75, 3.05) is 6.61 Å². The van der Waals surface area contributed by atoms with Crippen molar-refractivity contribution < 1.29 is 9.84 Å². The average Bonchev–Trinajstić information content (AvgIpc) is 2.29. The van der Waals surface area contributed by atoms with Gasteiger partial charge in [0.05, 0.1) is 12.7 Å². The third-order valence-electron chi connectivity index (χ3n) is 2.21. The lowest BCUT2D eigenvalue weighted by atomic mass is 10.1. The highest BCUT2D eigenvalue weighted by atomic mass is 127. The Bertz CT molecular complexity index is 312. The summed E-state index contributed by atoms with van der Waals surface area (Å²) in [7, 11) is 0. The summed E-state index contributed by atoms with van der Waals surface area (Å²) in [5, 5.41) is 9.78. The molecule has 70 valence electrons. The van der Waals surface area contributed by atoms with Gasteiger partial charge >= 0.3 is 0 Å². The number of benzene rings is 1. The highest BCUT2D eigenvalue weighted by Crippen LogP contribution is 2.32. The van der Waals surface area contributed by atoms with E-state index >= 15 is 0 Å². The van der Waals surface area contributed by atoms with E-state index in [1.807, 2.05) is 18.2 Å². The lowest BCUT2D eigenvalue weighted by molar-refractivity contribution is 0.167. The minimum absolute atomic E-state index is 0.354. The molecule has 0 saturated heterocycles. The van der Waals surface area contributed by atoms with Gasteiger partial charge in [-0.3, -0.25) is 0 Å². The van der Waals surface area contributed by atoms with E-state index in [-0.39, 0.29) is 6.10 Å². The summed E-state index contributed by atoms with van der Waals surface area (Å²) in [6.07, 6.45) is 1.37. The molecule has 1 aromatic carbocycles. The molecule has 1 aliphatic rings. The van der Waals surface area contributed by atoms with Gasteiger partial charge in [-0.2, -0.15) is 0 Å². The monoisotopic (exact) mass is 290 g/mol. The Morgan fingerprint density at radius 2 is 2.31 bits per heavy atom. The van der Waals surface area contributed by atoms with Crippen molar-refractivity contribution in [1.82, 2.24) is 0 Å². The fourth-order valence-electron chi connectivity index (χ4n) is 1.53. The molecule has 0 saturated carbocycles. The first-order chi connectivity index (χ1) is 6.27. The van der Waals surface area contributed by atoms with Crippen molar-refractivity contribution >= 4 is 22.6 Å². The van der Waals surface area contributed by atoms with Gasteiger partial charge in [-0.1, -0.05) is 0 Å². The van der Waals surface area contributed by atoms with E-state index in [0.29, 0.717) is 6.61 Å². The van der Waals surface area contributed by atoms with Crippen LogP contribution < -0.4 is 4.74 Å². The van der Waals surface area contributed by atoms with Gasteiger partial charge in [0.15, 0.2) is 0 Å². The van der Waals surface area contributed by atoms with E-state index in [1.165, 1.54) is 0 Å². The van der Waals surface area contributed by atoms with Crippen LogP contribution in [0, 0.1) is 3.57 Å². The largest absolute Gasteiger partial charge is 0.493 e. The van der Waals surface area contributed by atoms with Crippen LogP contribution >= 0.6 is 22.6 Å². The van der Waals surface area contributed by atoms with Crippen molar-refractivity contribution in [1.29, 1.82) is 0 Å². The predicted octanol–water partition coefficient (Wildman–Crippen LogP) is 2.50. The van der Waals surface area contributed by atoms with Gasteiger partial charge in [-0.05, 0) is 53.6 Å². The summed E-state index contributed by atoms with van der Waals surface area (Å²) < 4.78 is 6.65. The van der Waals surface area contributed by atoms with Gasteiger partial charge in [-0.15, -0.1) is 0 Å². The highest BCUT2D eigenvalue weighted by molar-refractivity contribution is 14.1. The molecule has 1 aromatic rings. The molecule has 2 rings (SSSR count). The molecule has 0 spiro atoms. The second-order valence-electron chi connectivity index (χ2n) is 3.19. The molecule has 0 radical (unpaired) electrons. The second kappa shape index (κ2) is 3.84. The van der Waals surface area contributed by atoms with Crippen LogP contribution in [0.1, 0.15) is 24.5 Å².